The van der Waals surface area contributed by atoms with Crippen molar-refractivity contribution in [3.63, 3.8) is 0 Å². The fourth-order valence-corrected chi connectivity index (χ4v) is 1.25. The smallest absolute Gasteiger partial charge is 0.0636 e. The van der Waals surface area contributed by atoms with E-state index in [9.17, 15) is 0 Å². The highest BCUT2D eigenvalue weighted by atomic mass is 16.5. The molecule has 1 saturated carbocycles. The van der Waals surface area contributed by atoms with Crippen LogP contribution in [0, 0.1) is 5.92 Å². The van der Waals surface area contributed by atoms with Gasteiger partial charge in [0.25, 0.3) is 0 Å². The van der Waals surface area contributed by atoms with Crippen LogP contribution in [0.3, 0.4) is 0 Å². The summed E-state index contributed by atoms with van der Waals surface area (Å²) in [6, 6.07) is 0.347. The first kappa shape index (κ1) is 9.96. The quantitative estimate of drug-likeness (QED) is 0.465. The van der Waals surface area contributed by atoms with Gasteiger partial charge in [0.15, 0.2) is 0 Å². The first-order chi connectivity index (χ1) is 5.72. The Labute approximate surface area is 74.6 Å². The highest BCUT2D eigenvalue weighted by molar-refractivity contribution is 4.79. The third-order valence-electron chi connectivity index (χ3n) is 2.18. The molecule has 12 heavy (non-hydrogen) atoms. The molecule has 1 atom stereocenters. The largest absolute Gasteiger partial charge is 0.377 e. The maximum Gasteiger partial charge on any atom is 0.0636 e. The molecule has 0 aromatic rings. The van der Waals surface area contributed by atoms with Crippen molar-refractivity contribution in [2.24, 2.45) is 11.8 Å². The minimum Gasteiger partial charge on any atom is -0.377 e. The van der Waals surface area contributed by atoms with Gasteiger partial charge < -0.3 is 4.74 Å². The molecule has 1 fully saturated rings. The van der Waals surface area contributed by atoms with E-state index in [-0.39, 0.29) is 0 Å². The van der Waals surface area contributed by atoms with Gasteiger partial charge in [-0.25, -0.2) is 0 Å². The summed E-state index contributed by atoms with van der Waals surface area (Å²) < 4.78 is 5.48. The average molecular weight is 172 g/mol. The molecule has 0 bridgehead atoms. The number of hydrogen-bond acceptors (Lipinski definition) is 3. The van der Waals surface area contributed by atoms with Crippen LogP contribution in [-0.4, -0.2) is 18.8 Å². The van der Waals surface area contributed by atoms with Crippen LogP contribution in [-0.2, 0) is 4.74 Å². The Bertz CT molecular complexity index is 124. The van der Waals surface area contributed by atoms with Crippen molar-refractivity contribution in [2.45, 2.75) is 45.3 Å². The maximum absolute atomic E-state index is 5.48. The van der Waals surface area contributed by atoms with Crippen molar-refractivity contribution in [1.82, 2.24) is 5.43 Å². The van der Waals surface area contributed by atoms with E-state index in [0.29, 0.717) is 12.1 Å². The van der Waals surface area contributed by atoms with E-state index < -0.39 is 0 Å². The Kier molecular flexibility index (Phi) is 3.98. The maximum atomic E-state index is 5.48. The van der Waals surface area contributed by atoms with Gasteiger partial charge in [-0.3, -0.25) is 11.3 Å². The second kappa shape index (κ2) is 4.80. The molecule has 0 saturated heterocycles. The summed E-state index contributed by atoms with van der Waals surface area (Å²) in [5, 5.41) is 0. The molecule has 0 aromatic heterocycles. The third kappa shape index (κ3) is 4.04. The van der Waals surface area contributed by atoms with Gasteiger partial charge >= 0.3 is 0 Å². The molecule has 0 aromatic carbocycles. The van der Waals surface area contributed by atoms with Gasteiger partial charge in [-0.05, 0) is 26.2 Å². The predicted molar refractivity (Wildman–Crippen MR) is 49.5 cm³/mol. The minimum absolute atomic E-state index is 0.306. The van der Waals surface area contributed by atoms with Gasteiger partial charge in [-0.2, -0.15) is 0 Å². The van der Waals surface area contributed by atoms with E-state index in [1.807, 2.05) is 13.8 Å². The summed E-state index contributed by atoms with van der Waals surface area (Å²) in [6.45, 7) is 4.83. The molecular formula is C9H20N2O. The molecule has 0 aliphatic heterocycles. The number of ether oxygens (including phenoxy) is 1. The van der Waals surface area contributed by atoms with Crippen molar-refractivity contribution in [2.75, 3.05) is 6.61 Å². The standard InChI is InChI=1S/C9H20N2O/c1-7(2)12-6-9(11-10)5-8-3-4-8/h7-9,11H,3-6,10H2,1-2H3. The summed E-state index contributed by atoms with van der Waals surface area (Å²) in [7, 11) is 0. The second-order valence-corrected chi connectivity index (χ2v) is 3.92. The summed E-state index contributed by atoms with van der Waals surface area (Å²) in [4.78, 5) is 0. The first-order valence-electron chi connectivity index (χ1n) is 4.80. The summed E-state index contributed by atoms with van der Waals surface area (Å²) in [6.07, 6.45) is 4.23. The number of hydrazine groups is 1. The molecule has 3 heteroatoms. The number of rotatable bonds is 6. The zero-order valence-corrected chi connectivity index (χ0v) is 8.05. The number of nitrogens with two attached hydrogens (primary N) is 1. The molecule has 3 N–H and O–H groups in total. The van der Waals surface area contributed by atoms with Gasteiger partial charge in [0.2, 0.25) is 0 Å². The van der Waals surface area contributed by atoms with Crippen LogP contribution in [0.4, 0.5) is 0 Å². The van der Waals surface area contributed by atoms with Crippen molar-refractivity contribution in [1.29, 1.82) is 0 Å². The molecule has 3 nitrogen and oxygen atoms in total. The normalized spacial score (nSPS) is 20.0. The van der Waals surface area contributed by atoms with Crippen LogP contribution in [0.5, 0.6) is 0 Å². The van der Waals surface area contributed by atoms with Crippen LogP contribution in [0.1, 0.15) is 33.1 Å². The Balaban J connectivity index is 2.06. The highest BCUT2D eigenvalue weighted by Gasteiger charge is 2.25. The predicted octanol–water partition coefficient (Wildman–Crippen LogP) is 1.04. The zero-order valence-electron chi connectivity index (χ0n) is 8.05. The van der Waals surface area contributed by atoms with Crippen molar-refractivity contribution in [3.8, 4) is 0 Å². The van der Waals surface area contributed by atoms with Gasteiger partial charge in [0.1, 0.15) is 0 Å². The summed E-state index contributed by atoms with van der Waals surface area (Å²) in [5.74, 6) is 6.31. The Morgan fingerprint density at radius 2 is 2.17 bits per heavy atom. The van der Waals surface area contributed by atoms with Crippen molar-refractivity contribution >= 4 is 0 Å². The molecule has 1 rings (SSSR count). The lowest BCUT2D eigenvalue weighted by Gasteiger charge is -2.17. The van der Waals surface area contributed by atoms with Crippen molar-refractivity contribution in [3.05, 3.63) is 0 Å². The fourth-order valence-electron chi connectivity index (χ4n) is 1.25. The fraction of sp³-hybridized carbons (Fsp3) is 1.00. The lowest BCUT2D eigenvalue weighted by Crippen LogP contribution is -2.39. The van der Waals surface area contributed by atoms with Crippen LogP contribution in [0.15, 0.2) is 0 Å². The molecule has 0 amide bonds. The minimum atomic E-state index is 0.306. The molecule has 1 unspecified atom stereocenters. The molecular weight excluding hydrogens is 152 g/mol. The topological polar surface area (TPSA) is 47.3 Å². The molecule has 0 radical (unpaired) electrons. The first-order valence-corrected chi connectivity index (χ1v) is 4.80. The number of nitrogens with one attached hydrogen (secondary N) is 1. The van der Waals surface area contributed by atoms with Crippen LogP contribution in [0.2, 0.25) is 0 Å². The average Bonchev–Trinajstić information content (AvgIpc) is 2.81. The Morgan fingerprint density at radius 3 is 2.58 bits per heavy atom. The van der Waals surface area contributed by atoms with Crippen LogP contribution < -0.4 is 11.3 Å². The van der Waals surface area contributed by atoms with Crippen molar-refractivity contribution < 1.29 is 4.74 Å². The molecule has 1 aliphatic rings. The Hall–Kier alpha value is -0.120. The lowest BCUT2D eigenvalue weighted by atomic mass is 10.1. The van der Waals surface area contributed by atoms with E-state index >= 15 is 0 Å². The van der Waals surface area contributed by atoms with E-state index in [4.69, 9.17) is 10.6 Å². The SMILES string of the molecule is CC(C)OCC(CC1CC1)NN. The van der Waals surface area contributed by atoms with Gasteiger partial charge in [-0.15, -0.1) is 0 Å². The van der Waals surface area contributed by atoms with Gasteiger partial charge in [0.05, 0.1) is 12.7 Å². The van der Waals surface area contributed by atoms with E-state index in [1.165, 1.54) is 19.3 Å². The monoisotopic (exact) mass is 172 g/mol. The summed E-state index contributed by atoms with van der Waals surface area (Å²) in [5.41, 5.74) is 2.80. The molecule has 72 valence electrons. The van der Waals surface area contributed by atoms with Crippen LogP contribution in [0.25, 0.3) is 0 Å². The van der Waals surface area contributed by atoms with E-state index in [1.54, 1.807) is 0 Å². The molecule has 0 heterocycles. The van der Waals surface area contributed by atoms with E-state index in [0.717, 1.165) is 12.5 Å². The van der Waals surface area contributed by atoms with Gasteiger partial charge in [-0.1, -0.05) is 12.8 Å². The third-order valence-corrected chi connectivity index (χ3v) is 2.18. The van der Waals surface area contributed by atoms with E-state index in [2.05, 4.69) is 5.43 Å². The summed E-state index contributed by atoms with van der Waals surface area (Å²) >= 11 is 0. The molecule has 0 spiro atoms. The number of hydrogen-bond donors (Lipinski definition) is 2. The Morgan fingerprint density at radius 1 is 1.50 bits per heavy atom. The molecule has 1 aliphatic carbocycles. The highest BCUT2D eigenvalue weighted by Crippen LogP contribution is 2.33. The van der Waals surface area contributed by atoms with Gasteiger partial charge in [0, 0.05) is 6.04 Å². The zero-order chi connectivity index (χ0) is 8.97. The van der Waals surface area contributed by atoms with Crippen LogP contribution >= 0.6 is 0 Å². The lowest BCUT2D eigenvalue weighted by molar-refractivity contribution is 0.0584. The second-order valence-electron chi connectivity index (χ2n) is 3.92.